The number of nitrogens with zero attached hydrogens (tertiary/aromatic N) is 4. The van der Waals surface area contributed by atoms with E-state index in [0.717, 1.165) is 43.8 Å². The standard InChI is InChI=1S/C31H24BrN5O2/c1-37-27(21-9-7-20(8-10-21)22-5-4-13-33-18-22)19-35-30(37)26(17-25-6-2-3-14-34-25)36-31(38)29-16-23-15-24(32)11-12-28(23)39-29/h2-16,18-19,26H,17H2,1H3,(H,36,38). The van der Waals surface area contributed by atoms with Gasteiger partial charge in [-0.25, -0.2) is 4.98 Å². The van der Waals surface area contributed by atoms with Crippen molar-refractivity contribution in [2.75, 3.05) is 0 Å². The Morgan fingerprint density at radius 3 is 2.54 bits per heavy atom. The normalized spacial score (nSPS) is 11.9. The third kappa shape index (κ3) is 5.24. The lowest BCUT2D eigenvalue weighted by molar-refractivity contribution is 0.0908. The zero-order chi connectivity index (χ0) is 26.8. The minimum atomic E-state index is -0.430. The van der Waals surface area contributed by atoms with Crippen LogP contribution in [0.15, 0.2) is 113 Å². The number of hydrogen-bond donors (Lipinski definition) is 1. The first-order valence-electron chi connectivity index (χ1n) is 12.5. The van der Waals surface area contributed by atoms with E-state index in [1.54, 1.807) is 18.5 Å². The van der Waals surface area contributed by atoms with Crippen LogP contribution < -0.4 is 5.32 Å². The molecular formula is C31H24BrN5O2. The molecule has 0 saturated carbocycles. The molecule has 1 unspecified atom stereocenters. The molecule has 0 aliphatic carbocycles. The van der Waals surface area contributed by atoms with Gasteiger partial charge in [-0.1, -0.05) is 52.3 Å². The fourth-order valence-corrected chi connectivity index (χ4v) is 5.05. The lowest BCUT2D eigenvalue weighted by Crippen LogP contribution is -2.31. The van der Waals surface area contributed by atoms with Gasteiger partial charge in [-0.15, -0.1) is 0 Å². The Morgan fingerprint density at radius 2 is 1.77 bits per heavy atom. The van der Waals surface area contributed by atoms with Gasteiger partial charge in [0.05, 0.1) is 17.9 Å². The van der Waals surface area contributed by atoms with Crippen LogP contribution >= 0.6 is 15.9 Å². The Morgan fingerprint density at radius 1 is 0.923 bits per heavy atom. The Bertz CT molecular complexity index is 1750. The van der Waals surface area contributed by atoms with Crippen molar-refractivity contribution in [1.29, 1.82) is 0 Å². The van der Waals surface area contributed by atoms with Gasteiger partial charge in [0.1, 0.15) is 11.4 Å². The highest BCUT2D eigenvalue weighted by Gasteiger charge is 2.24. The molecule has 2 aromatic carbocycles. The van der Waals surface area contributed by atoms with Gasteiger partial charge < -0.3 is 14.3 Å². The second-order valence-electron chi connectivity index (χ2n) is 9.22. The number of hydrogen-bond acceptors (Lipinski definition) is 5. The number of carbonyl (C=O) groups excluding carboxylic acids is 1. The highest BCUT2D eigenvalue weighted by molar-refractivity contribution is 9.10. The molecule has 0 bridgehead atoms. The molecule has 0 radical (unpaired) electrons. The molecule has 4 aromatic heterocycles. The Balaban J connectivity index is 1.30. The van der Waals surface area contributed by atoms with E-state index < -0.39 is 6.04 Å². The highest BCUT2D eigenvalue weighted by atomic mass is 79.9. The second kappa shape index (κ2) is 10.7. The number of fused-ring (bicyclic) bond motifs is 1. The summed E-state index contributed by atoms with van der Waals surface area (Å²) in [6, 6.07) is 25.0. The maximum Gasteiger partial charge on any atom is 0.287 e. The molecule has 0 aliphatic heterocycles. The van der Waals surface area contributed by atoms with Crippen molar-refractivity contribution in [3.63, 3.8) is 0 Å². The third-order valence-corrected chi connectivity index (χ3v) is 7.15. The number of imidazole rings is 1. The van der Waals surface area contributed by atoms with Crippen LogP contribution in [0.1, 0.15) is 28.1 Å². The van der Waals surface area contributed by atoms with Gasteiger partial charge in [0.2, 0.25) is 0 Å². The predicted octanol–water partition coefficient (Wildman–Crippen LogP) is 6.77. The lowest BCUT2D eigenvalue weighted by atomic mass is 10.0. The Labute approximate surface area is 233 Å². The number of carbonyl (C=O) groups is 1. The topological polar surface area (TPSA) is 85.8 Å². The molecule has 4 heterocycles. The average Bonchev–Trinajstić information content (AvgIpc) is 3.57. The Hall–Kier alpha value is -4.56. The molecule has 0 spiro atoms. The molecule has 192 valence electrons. The monoisotopic (exact) mass is 577 g/mol. The van der Waals surface area contributed by atoms with Crippen LogP contribution in [0.3, 0.4) is 0 Å². The second-order valence-corrected chi connectivity index (χ2v) is 10.1. The van der Waals surface area contributed by atoms with E-state index in [-0.39, 0.29) is 11.7 Å². The van der Waals surface area contributed by atoms with Crippen molar-refractivity contribution < 1.29 is 9.21 Å². The molecule has 8 heteroatoms. The van der Waals surface area contributed by atoms with Gasteiger partial charge >= 0.3 is 0 Å². The van der Waals surface area contributed by atoms with Crippen LogP contribution in [0.2, 0.25) is 0 Å². The third-order valence-electron chi connectivity index (χ3n) is 6.66. The summed E-state index contributed by atoms with van der Waals surface area (Å²) in [6.07, 6.45) is 7.68. The summed E-state index contributed by atoms with van der Waals surface area (Å²) in [5, 5.41) is 3.99. The predicted molar refractivity (Wildman–Crippen MR) is 154 cm³/mol. The van der Waals surface area contributed by atoms with E-state index in [4.69, 9.17) is 9.40 Å². The van der Waals surface area contributed by atoms with Crippen LogP contribution in [0.5, 0.6) is 0 Å². The summed E-state index contributed by atoms with van der Waals surface area (Å²) in [5.74, 6) is 0.655. The van der Waals surface area contributed by atoms with Crippen LogP contribution in [0.4, 0.5) is 0 Å². The van der Waals surface area contributed by atoms with E-state index in [1.807, 2.05) is 72.5 Å². The molecule has 7 nitrogen and oxygen atoms in total. The van der Waals surface area contributed by atoms with E-state index in [9.17, 15) is 4.79 Å². The van der Waals surface area contributed by atoms with Crippen LogP contribution in [0.25, 0.3) is 33.4 Å². The lowest BCUT2D eigenvalue weighted by Gasteiger charge is -2.18. The summed E-state index contributed by atoms with van der Waals surface area (Å²) in [7, 11) is 1.96. The van der Waals surface area contributed by atoms with Crippen molar-refractivity contribution in [2.24, 2.45) is 7.05 Å². The summed E-state index contributed by atoms with van der Waals surface area (Å²) >= 11 is 3.47. The first kappa shape index (κ1) is 24.8. The number of nitrogens with one attached hydrogen (secondary N) is 1. The number of benzene rings is 2. The zero-order valence-corrected chi connectivity index (χ0v) is 22.7. The molecule has 1 N–H and O–H groups in total. The van der Waals surface area contributed by atoms with Crippen molar-refractivity contribution in [3.05, 3.63) is 125 Å². The van der Waals surface area contributed by atoms with Crippen LogP contribution in [-0.4, -0.2) is 25.4 Å². The molecule has 6 rings (SSSR count). The summed E-state index contributed by atoms with van der Waals surface area (Å²) in [6.45, 7) is 0. The van der Waals surface area contributed by atoms with Crippen LogP contribution in [0, 0.1) is 0 Å². The van der Waals surface area contributed by atoms with E-state index in [0.29, 0.717) is 12.0 Å². The van der Waals surface area contributed by atoms with Gasteiger partial charge in [0.25, 0.3) is 5.91 Å². The van der Waals surface area contributed by atoms with Crippen LogP contribution in [-0.2, 0) is 13.5 Å². The first-order chi connectivity index (χ1) is 19.0. The summed E-state index contributed by atoms with van der Waals surface area (Å²) in [4.78, 5) is 26.8. The largest absolute Gasteiger partial charge is 0.451 e. The molecule has 0 aliphatic rings. The SMILES string of the molecule is Cn1c(-c2ccc(-c3cccnc3)cc2)cnc1C(Cc1ccccn1)NC(=O)c1cc2cc(Br)ccc2o1. The maximum atomic E-state index is 13.4. The molecule has 0 fully saturated rings. The number of rotatable bonds is 7. The minimum absolute atomic E-state index is 0.245. The summed E-state index contributed by atoms with van der Waals surface area (Å²) in [5.41, 5.74) is 5.62. The van der Waals surface area contributed by atoms with Gasteiger partial charge in [-0.3, -0.25) is 14.8 Å². The number of amides is 1. The quantitative estimate of drug-likeness (QED) is 0.226. The van der Waals surface area contributed by atoms with Gasteiger partial charge in [0, 0.05) is 47.6 Å². The maximum absolute atomic E-state index is 13.4. The van der Waals surface area contributed by atoms with Crippen molar-refractivity contribution in [3.8, 4) is 22.4 Å². The Kier molecular flexibility index (Phi) is 6.77. The first-order valence-corrected chi connectivity index (χ1v) is 13.3. The molecule has 0 saturated heterocycles. The molecular weight excluding hydrogens is 554 g/mol. The minimum Gasteiger partial charge on any atom is -0.451 e. The van der Waals surface area contributed by atoms with E-state index in [2.05, 4.69) is 55.5 Å². The number of pyridine rings is 2. The van der Waals surface area contributed by atoms with E-state index in [1.165, 1.54) is 0 Å². The van der Waals surface area contributed by atoms with Crippen molar-refractivity contribution in [2.45, 2.75) is 12.5 Å². The molecule has 39 heavy (non-hydrogen) atoms. The fourth-order valence-electron chi connectivity index (χ4n) is 4.67. The van der Waals surface area contributed by atoms with Gasteiger partial charge in [-0.2, -0.15) is 0 Å². The van der Waals surface area contributed by atoms with Crippen molar-refractivity contribution >= 4 is 32.8 Å². The highest BCUT2D eigenvalue weighted by Crippen LogP contribution is 2.28. The average molecular weight is 578 g/mol. The molecule has 1 amide bonds. The van der Waals surface area contributed by atoms with E-state index >= 15 is 0 Å². The number of aromatic nitrogens is 4. The zero-order valence-electron chi connectivity index (χ0n) is 21.1. The summed E-state index contributed by atoms with van der Waals surface area (Å²) < 4.78 is 8.78. The molecule has 1 atom stereocenters. The van der Waals surface area contributed by atoms with Crippen molar-refractivity contribution in [1.82, 2.24) is 24.8 Å². The van der Waals surface area contributed by atoms with Gasteiger partial charge in [-0.05, 0) is 59.2 Å². The molecule has 6 aromatic rings. The smallest absolute Gasteiger partial charge is 0.287 e. The number of furan rings is 1. The number of halogens is 1. The van der Waals surface area contributed by atoms with Gasteiger partial charge in [0.15, 0.2) is 5.76 Å². The fraction of sp³-hybridized carbons (Fsp3) is 0.0968.